The fraction of sp³-hybridized carbons (Fsp3) is 0.385. The number of carbonyl (C=O) groups is 2. The Bertz CT molecular complexity index is 1300. The number of carbonyl (C=O) groups excluding carboxylic acids is 2. The lowest BCUT2D eigenvalue weighted by Gasteiger charge is -2.34. The van der Waals surface area contributed by atoms with Gasteiger partial charge >= 0.3 is 18.4 Å². The summed E-state index contributed by atoms with van der Waals surface area (Å²) in [6, 6.07) is 6.19. The highest BCUT2D eigenvalue weighted by Gasteiger charge is 2.45. The summed E-state index contributed by atoms with van der Waals surface area (Å²) in [4.78, 5) is 26.7. The highest BCUT2D eigenvalue weighted by molar-refractivity contribution is 14.1. The molecule has 1 saturated heterocycles. The number of hydrogen-bond acceptors (Lipinski definition) is 3. The van der Waals surface area contributed by atoms with Crippen LogP contribution in [0.5, 0.6) is 0 Å². The van der Waals surface area contributed by atoms with Gasteiger partial charge < -0.3 is 4.74 Å². The van der Waals surface area contributed by atoms with Gasteiger partial charge in [0.1, 0.15) is 0 Å². The molecule has 2 aromatic carbocycles. The van der Waals surface area contributed by atoms with E-state index in [-0.39, 0.29) is 18.0 Å². The number of alkyl halides is 6. The normalized spacial score (nSPS) is 20.3. The van der Waals surface area contributed by atoms with Crippen LogP contribution in [0.25, 0.3) is 5.57 Å². The van der Waals surface area contributed by atoms with Gasteiger partial charge in [-0.3, -0.25) is 4.79 Å². The van der Waals surface area contributed by atoms with Crippen molar-refractivity contribution >= 4 is 51.8 Å². The maximum Gasteiger partial charge on any atom is 0.418 e. The molecule has 0 saturated carbocycles. The van der Waals surface area contributed by atoms with Crippen molar-refractivity contribution in [3.63, 3.8) is 0 Å². The Labute approximate surface area is 233 Å². The topological polar surface area (TPSA) is 46.6 Å². The first kappa shape index (κ1) is 28.7. The first-order chi connectivity index (χ1) is 17.5. The Hall–Kier alpha value is -2.28. The second-order valence-corrected chi connectivity index (χ2v) is 11.7. The third-order valence-electron chi connectivity index (χ3n) is 6.62. The third-order valence-corrected chi connectivity index (χ3v) is 7.62. The van der Waals surface area contributed by atoms with E-state index in [1.54, 1.807) is 6.07 Å². The molecule has 1 aliphatic carbocycles. The van der Waals surface area contributed by atoms with Crippen LogP contribution in [0.3, 0.4) is 0 Å². The van der Waals surface area contributed by atoms with Gasteiger partial charge in [0.2, 0.25) is 6.10 Å². The summed E-state index contributed by atoms with van der Waals surface area (Å²) >= 11 is 8.59. The molecule has 1 fully saturated rings. The summed E-state index contributed by atoms with van der Waals surface area (Å²) in [5.41, 5.74) is -1.78. The Morgan fingerprint density at radius 3 is 2.21 bits per heavy atom. The lowest BCUT2D eigenvalue weighted by Crippen LogP contribution is -2.34. The Morgan fingerprint density at radius 2 is 1.63 bits per heavy atom. The summed E-state index contributed by atoms with van der Waals surface area (Å²) in [6.07, 6.45) is -11.4. The summed E-state index contributed by atoms with van der Waals surface area (Å²) in [5, 5.41) is 0.481. The van der Waals surface area contributed by atoms with E-state index in [1.165, 1.54) is 0 Å². The van der Waals surface area contributed by atoms with Gasteiger partial charge in [0.05, 0.1) is 17.7 Å². The van der Waals surface area contributed by atoms with Gasteiger partial charge in [0.25, 0.3) is 5.91 Å². The zero-order valence-corrected chi connectivity index (χ0v) is 23.0. The number of allylic oxidation sites excluding steroid dienone is 1. The summed E-state index contributed by atoms with van der Waals surface area (Å²) < 4.78 is 86.0. The first-order valence-electron chi connectivity index (χ1n) is 11.4. The molecule has 1 aliphatic heterocycles. The summed E-state index contributed by atoms with van der Waals surface area (Å²) in [5.74, 6) is -1.04. The molecule has 1 atom stereocenters. The molecular formula is C26H21ClF6INO3. The van der Waals surface area contributed by atoms with Crippen molar-refractivity contribution in [3.05, 3.63) is 72.8 Å². The number of rotatable bonds is 4. The van der Waals surface area contributed by atoms with Gasteiger partial charge in [-0.15, -0.1) is 0 Å². The van der Waals surface area contributed by atoms with Crippen LogP contribution in [-0.2, 0) is 21.9 Å². The van der Waals surface area contributed by atoms with E-state index < -0.39 is 47.1 Å². The molecule has 12 heteroatoms. The van der Waals surface area contributed by atoms with Crippen molar-refractivity contribution in [1.82, 2.24) is 4.90 Å². The van der Waals surface area contributed by atoms with Crippen LogP contribution >= 0.6 is 34.2 Å². The van der Waals surface area contributed by atoms with Gasteiger partial charge in [-0.1, -0.05) is 25.4 Å². The number of halogens is 8. The number of ether oxygens (including phenoxy) is 1. The maximum atomic E-state index is 13.3. The monoisotopic (exact) mass is 671 g/mol. The molecule has 2 aromatic rings. The number of cyclic esters (lactones) is 1. The van der Waals surface area contributed by atoms with Crippen LogP contribution in [0.2, 0.25) is 5.02 Å². The van der Waals surface area contributed by atoms with Crippen LogP contribution < -0.4 is 0 Å². The van der Waals surface area contributed by atoms with Crippen LogP contribution in [0.4, 0.5) is 31.1 Å². The predicted octanol–water partition coefficient (Wildman–Crippen LogP) is 8.67. The van der Waals surface area contributed by atoms with Crippen LogP contribution in [0.15, 0.2) is 42.0 Å². The second kappa shape index (κ2) is 10.0. The molecule has 0 radical (unpaired) electrons. The van der Waals surface area contributed by atoms with Gasteiger partial charge in [-0.25, -0.2) is 9.69 Å². The highest BCUT2D eigenvalue weighted by atomic mass is 127. The zero-order chi connectivity index (χ0) is 28.2. The number of amides is 2. The van der Waals surface area contributed by atoms with Crippen LogP contribution in [0, 0.1) is 8.99 Å². The Morgan fingerprint density at radius 1 is 1.03 bits per heavy atom. The third kappa shape index (κ3) is 5.98. The molecule has 4 rings (SSSR count). The molecule has 1 unspecified atom stereocenters. The minimum atomic E-state index is -5.11. The molecule has 0 aromatic heterocycles. The minimum absolute atomic E-state index is 0.0469. The molecule has 38 heavy (non-hydrogen) atoms. The number of nitrogens with zero attached hydrogens (tertiary/aromatic N) is 1. The lowest BCUT2D eigenvalue weighted by atomic mass is 9.73. The molecule has 204 valence electrons. The quantitative estimate of drug-likeness (QED) is 0.242. The average molecular weight is 672 g/mol. The SMILES string of the molecule is CC1(C)CCC(c2cc(I)ccc2Cl)=C(CN2C(=O)OC(c3cc(C(F)(F)F)cc(C(F)(F)F)c3)C2=O)C1. The van der Waals surface area contributed by atoms with Crippen molar-refractivity contribution in [2.45, 2.75) is 51.6 Å². The fourth-order valence-electron chi connectivity index (χ4n) is 4.74. The van der Waals surface area contributed by atoms with E-state index >= 15 is 0 Å². The molecule has 0 bridgehead atoms. The van der Waals surface area contributed by atoms with Crippen molar-refractivity contribution in [3.8, 4) is 0 Å². The van der Waals surface area contributed by atoms with Crippen molar-refractivity contribution in [2.75, 3.05) is 6.54 Å². The molecule has 4 nitrogen and oxygen atoms in total. The lowest BCUT2D eigenvalue weighted by molar-refractivity contribution is -0.143. The molecule has 1 heterocycles. The molecule has 0 spiro atoms. The maximum absolute atomic E-state index is 13.3. The van der Waals surface area contributed by atoms with Crippen molar-refractivity contribution in [2.24, 2.45) is 5.41 Å². The van der Waals surface area contributed by atoms with Crippen molar-refractivity contribution < 1.29 is 40.7 Å². The molecule has 2 amide bonds. The highest BCUT2D eigenvalue weighted by Crippen LogP contribution is 2.45. The van der Waals surface area contributed by atoms with Crippen molar-refractivity contribution in [1.29, 1.82) is 0 Å². The first-order valence-corrected chi connectivity index (χ1v) is 12.9. The second-order valence-electron chi connectivity index (χ2n) is 10.1. The smallest absolute Gasteiger partial charge is 0.418 e. The van der Waals surface area contributed by atoms with Gasteiger partial charge in [0, 0.05) is 14.2 Å². The number of hydrogen-bond donors (Lipinski definition) is 0. The largest absolute Gasteiger partial charge is 0.431 e. The predicted molar refractivity (Wildman–Crippen MR) is 136 cm³/mol. The summed E-state index contributed by atoms with van der Waals surface area (Å²) in [6.45, 7) is 3.82. The van der Waals surface area contributed by atoms with Gasteiger partial charge in [-0.05, 0) is 100 Å². The van der Waals surface area contributed by atoms with E-state index in [0.717, 1.165) is 31.6 Å². The van der Waals surface area contributed by atoms with Gasteiger partial charge in [-0.2, -0.15) is 26.3 Å². The molecule has 0 N–H and O–H groups in total. The van der Waals surface area contributed by atoms with E-state index in [0.29, 0.717) is 30.0 Å². The van der Waals surface area contributed by atoms with Gasteiger partial charge in [0.15, 0.2) is 0 Å². The fourth-order valence-corrected chi connectivity index (χ4v) is 5.46. The summed E-state index contributed by atoms with van der Waals surface area (Å²) in [7, 11) is 0. The number of benzene rings is 2. The minimum Gasteiger partial charge on any atom is -0.431 e. The van der Waals surface area contributed by atoms with Crippen LogP contribution in [0.1, 0.15) is 61.5 Å². The zero-order valence-electron chi connectivity index (χ0n) is 20.1. The van der Waals surface area contributed by atoms with E-state index in [4.69, 9.17) is 16.3 Å². The molecule has 2 aliphatic rings. The number of imide groups is 1. The average Bonchev–Trinajstić information content (AvgIpc) is 3.07. The van der Waals surface area contributed by atoms with Crippen LogP contribution in [-0.4, -0.2) is 23.4 Å². The van der Waals surface area contributed by atoms with E-state index in [2.05, 4.69) is 22.6 Å². The Balaban J connectivity index is 1.72. The Kier molecular flexibility index (Phi) is 7.59. The van der Waals surface area contributed by atoms with E-state index in [9.17, 15) is 35.9 Å². The van der Waals surface area contributed by atoms with E-state index in [1.807, 2.05) is 26.0 Å². The molecular weight excluding hydrogens is 651 g/mol. The standard InChI is InChI=1S/C26H21ClF6INO3/c1-24(2)6-5-18(19-10-17(34)3-4-20(19)27)14(11-24)12-35-22(36)21(38-23(35)37)13-7-15(25(28,29)30)9-16(8-13)26(31,32)33/h3-4,7-10,21H,5-6,11-12H2,1-2H3.